The van der Waals surface area contributed by atoms with Crippen LogP contribution in [0.15, 0.2) is 36.7 Å². The Balaban J connectivity index is 1.20. The van der Waals surface area contributed by atoms with Crippen LogP contribution in [0.3, 0.4) is 0 Å². The maximum Gasteiger partial charge on any atom is 0.226 e. The van der Waals surface area contributed by atoms with Crippen molar-refractivity contribution in [3.63, 3.8) is 0 Å². The maximum absolute atomic E-state index is 13.0. The van der Waals surface area contributed by atoms with Gasteiger partial charge in [-0.15, -0.1) is 22.7 Å². The fourth-order valence-electron chi connectivity index (χ4n) is 5.03. The van der Waals surface area contributed by atoms with Gasteiger partial charge in [-0.1, -0.05) is 18.2 Å². The molecule has 0 spiro atoms. The van der Waals surface area contributed by atoms with Crippen LogP contribution in [0.5, 0.6) is 0 Å². The highest BCUT2D eigenvalue weighted by molar-refractivity contribution is 7.22. The number of rotatable bonds is 5. The molecule has 34 heavy (non-hydrogen) atoms. The average molecular weight is 490 g/mol. The standard InChI is InChI=1S/C26H27N5OS2/c1-16-3-2-4-17-15-31(11-7-18(16)17)12-8-23(32)30-26-24(19-5-9-28-14-22(19)34-26)25-29-20-13-27-10-6-21(20)33-25/h2-4,6,10,13,28H,5,7-9,11-12,14-15H2,1H3,(H,30,32). The van der Waals surface area contributed by atoms with Crippen LogP contribution in [0.1, 0.15) is 33.6 Å². The van der Waals surface area contributed by atoms with Crippen LogP contribution in [0.2, 0.25) is 0 Å². The first kappa shape index (κ1) is 21.9. The van der Waals surface area contributed by atoms with Crippen LogP contribution in [-0.4, -0.2) is 40.4 Å². The summed E-state index contributed by atoms with van der Waals surface area (Å²) in [6, 6.07) is 8.56. The van der Waals surface area contributed by atoms with Crippen LogP contribution in [0, 0.1) is 6.92 Å². The number of aromatic nitrogens is 2. The van der Waals surface area contributed by atoms with E-state index in [2.05, 4.69) is 45.6 Å². The number of nitrogens with one attached hydrogen (secondary N) is 2. The van der Waals surface area contributed by atoms with Crippen molar-refractivity contribution >= 4 is 43.8 Å². The number of carbonyl (C=O) groups excluding carboxylic acids is 1. The minimum atomic E-state index is 0.0747. The first-order valence-corrected chi connectivity index (χ1v) is 13.4. The molecule has 0 unspecified atom stereocenters. The van der Waals surface area contributed by atoms with Crippen molar-refractivity contribution in [3.8, 4) is 10.6 Å². The fraction of sp³-hybridized carbons (Fsp3) is 0.346. The third-order valence-corrected chi connectivity index (χ3v) is 9.02. The number of anilines is 1. The van der Waals surface area contributed by atoms with Crippen LogP contribution in [-0.2, 0) is 30.7 Å². The van der Waals surface area contributed by atoms with E-state index in [0.717, 1.165) is 71.4 Å². The molecule has 0 aliphatic carbocycles. The molecule has 2 aliphatic heterocycles. The number of thiazole rings is 1. The lowest BCUT2D eigenvalue weighted by atomic mass is 9.95. The van der Waals surface area contributed by atoms with Gasteiger partial charge in [-0.3, -0.25) is 14.7 Å². The molecule has 2 aliphatic rings. The third-order valence-electron chi connectivity index (χ3n) is 6.82. The van der Waals surface area contributed by atoms with Gasteiger partial charge >= 0.3 is 0 Å². The quantitative estimate of drug-likeness (QED) is 0.423. The average Bonchev–Trinajstić information content (AvgIpc) is 3.43. The Hall–Kier alpha value is -2.65. The number of aryl methyl sites for hydroxylation is 1. The van der Waals surface area contributed by atoms with Gasteiger partial charge in [0, 0.05) is 49.2 Å². The summed E-state index contributed by atoms with van der Waals surface area (Å²) in [6.45, 7) is 6.70. The number of hydrogen-bond donors (Lipinski definition) is 2. The highest BCUT2D eigenvalue weighted by Crippen LogP contribution is 2.44. The van der Waals surface area contributed by atoms with Gasteiger partial charge in [-0.2, -0.15) is 0 Å². The predicted octanol–water partition coefficient (Wildman–Crippen LogP) is 4.76. The Bertz CT molecular complexity index is 1340. The molecule has 1 aromatic carbocycles. The third kappa shape index (κ3) is 4.15. The summed E-state index contributed by atoms with van der Waals surface area (Å²) in [7, 11) is 0. The predicted molar refractivity (Wildman–Crippen MR) is 140 cm³/mol. The molecular weight excluding hydrogens is 462 g/mol. The molecule has 6 rings (SSSR count). The van der Waals surface area contributed by atoms with Gasteiger partial charge in [0.2, 0.25) is 5.91 Å². The number of nitrogens with zero attached hydrogens (tertiary/aromatic N) is 3. The van der Waals surface area contributed by atoms with Crippen LogP contribution < -0.4 is 10.6 Å². The first-order chi connectivity index (χ1) is 16.7. The normalized spacial score (nSPS) is 15.8. The lowest BCUT2D eigenvalue weighted by molar-refractivity contribution is -0.116. The van der Waals surface area contributed by atoms with E-state index in [4.69, 9.17) is 4.98 Å². The molecular formula is C26H27N5OS2. The summed E-state index contributed by atoms with van der Waals surface area (Å²) in [5.41, 5.74) is 7.61. The molecule has 2 N–H and O–H groups in total. The lowest BCUT2D eigenvalue weighted by Crippen LogP contribution is -2.33. The van der Waals surface area contributed by atoms with Crippen LogP contribution in [0.4, 0.5) is 5.00 Å². The number of pyridine rings is 1. The Kier molecular flexibility index (Phi) is 5.90. The van der Waals surface area contributed by atoms with Crippen molar-refractivity contribution in [3.05, 3.63) is 63.8 Å². The van der Waals surface area contributed by atoms with Gasteiger partial charge in [0.15, 0.2) is 0 Å². The van der Waals surface area contributed by atoms with Crippen molar-refractivity contribution in [1.82, 2.24) is 20.2 Å². The van der Waals surface area contributed by atoms with Gasteiger partial charge in [-0.05, 0) is 54.6 Å². The van der Waals surface area contributed by atoms with Gasteiger partial charge in [0.05, 0.1) is 10.9 Å². The molecule has 0 fully saturated rings. The highest BCUT2D eigenvalue weighted by Gasteiger charge is 2.25. The van der Waals surface area contributed by atoms with E-state index >= 15 is 0 Å². The Morgan fingerprint density at radius 1 is 1.21 bits per heavy atom. The molecule has 0 saturated heterocycles. The summed E-state index contributed by atoms with van der Waals surface area (Å²) >= 11 is 3.37. The van der Waals surface area contributed by atoms with E-state index in [9.17, 15) is 4.79 Å². The molecule has 0 radical (unpaired) electrons. The highest BCUT2D eigenvalue weighted by atomic mass is 32.1. The van der Waals surface area contributed by atoms with E-state index in [-0.39, 0.29) is 5.91 Å². The largest absolute Gasteiger partial charge is 0.317 e. The minimum Gasteiger partial charge on any atom is -0.317 e. The van der Waals surface area contributed by atoms with Crippen LogP contribution >= 0.6 is 22.7 Å². The van der Waals surface area contributed by atoms with E-state index in [0.29, 0.717) is 6.42 Å². The van der Waals surface area contributed by atoms with Crippen molar-refractivity contribution in [2.24, 2.45) is 0 Å². The molecule has 0 saturated carbocycles. The molecule has 6 nitrogen and oxygen atoms in total. The molecule has 0 atom stereocenters. The summed E-state index contributed by atoms with van der Waals surface area (Å²) in [5.74, 6) is 0.0747. The number of fused-ring (bicyclic) bond motifs is 3. The van der Waals surface area contributed by atoms with E-state index in [1.165, 1.54) is 27.1 Å². The molecule has 174 valence electrons. The number of carbonyl (C=O) groups is 1. The van der Waals surface area contributed by atoms with Crippen molar-refractivity contribution in [2.75, 3.05) is 25.0 Å². The van der Waals surface area contributed by atoms with E-state index in [1.807, 2.05) is 12.3 Å². The van der Waals surface area contributed by atoms with Gasteiger partial charge in [0.1, 0.15) is 15.5 Å². The number of amides is 1. The van der Waals surface area contributed by atoms with E-state index < -0.39 is 0 Å². The molecule has 4 aromatic rings. The van der Waals surface area contributed by atoms with Gasteiger partial charge in [0.25, 0.3) is 0 Å². The number of hydrogen-bond acceptors (Lipinski definition) is 7. The topological polar surface area (TPSA) is 70.2 Å². The Morgan fingerprint density at radius 2 is 2.15 bits per heavy atom. The van der Waals surface area contributed by atoms with Crippen molar-refractivity contribution in [2.45, 2.75) is 39.3 Å². The lowest BCUT2D eigenvalue weighted by Gasteiger charge is -2.29. The zero-order valence-corrected chi connectivity index (χ0v) is 20.8. The second-order valence-corrected chi connectivity index (χ2v) is 11.2. The summed E-state index contributed by atoms with van der Waals surface area (Å²) < 4.78 is 1.12. The Morgan fingerprint density at radius 3 is 3.06 bits per heavy atom. The van der Waals surface area contributed by atoms with Crippen LogP contribution in [0.25, 0.3) is 20.8 Å². The summed E-state index contributed by atoms with van der Waals surface area (Å²) in [5, 5.41) is 8.62. The Labute approximate surface area is 207 Å². The molecule has 1 amide bonds. The van der Waals surface area contributed by atoms with E-state index in [1.54, 1.807) is 28.9 Å². The fourth-order valence-corrected chi connectivity index (χ4v) is 7.35. The number of benzene rings is 1. The zero-order valence-electron chi connectivity index (χ0n) is 19.2. The number of thiophene rings is 1. The monoisotopic (exact) mass is 489 g/mol. The molecule has 0 bridgehead atoms. The second-order valence-electron chi connectivity index (χ2n) is 9.03. The zero-order chi connectivity index (χ0) is 23.1. The SMILES string of the molecule is Cc1cccc2c1CCN(CCC(=O)Nc1sc3c(c1-c1nc4cnccc4s1)CCNC3)C2. The van der Waals surface area contributed by atoms with Crippen molar-refractivity contribution in [1.29, 1.82) is 0 Å². The summed E-state index contributed by atoms with van der Waals surface area (Å²) in [4.78, 5) is 25.8. The molecule has 8 heteroatoms. The second kappa shape index (κ2) is 9.19. The smallest absolute Gasteiger partial charge is 0.226 e. The maximum atomic E-state index is 13.0. The minimum absolute atomic E-state index is 0.0747. The van der Waals surface area contributed by atoms with Gasteiger partial charge < -0.3 is 10.6 Å². The first-order valence-electron chi connectivity index (χ1n) is 11.8. The molecule has 3 aromatic heterocycles. The summed E-state index contributed by atoms with van der Waals surface area (Å²) in [6.07, 6.45) is 6.13. The molecule has 5 heterocycles. The van der Waals surface area contributed by atoms with Gasteiger partial charge in [-0.25, -0.2) is 4.98 Å². The van der Waals surface area contributed by atoms with Crippen molar-refractivity contribution < 1.29 is 4.79 Å².